The second kappa shape index (κ2) is 30.6. The van der Waals surface area contributed by atoms with Crippen LogP contribution in [-0.2, 0) is 53.7 Å². The zero-order chi connectivity index (χ0) is 77.0. The monoisotopic (exact) mass is 1510 g/mol. The van der Waals surface area contributed by atoms with Crippen LogP contribution in [0.4, 0.5) is 0 Å². The predicted octanol–water partition coefficient (Wildman–Crippen LogP) is 19.8. The largest absolute Gasteiger partial charge is 1.00 e. The van der Waals surface area contributed by atoms with E-state index in [4.69, 9.17) is 57.2 Å². The van der Waals surface area contributed by atoms with Crippen LogP contribution in [-0.4, -0.2) is 38.2 Å². The Hall–Kier alpha value is -12.7. The molecule has 10 heteroatoms. The molecule has 4 aliphatic rings. The summed E-state index contributed by atoms with van der Waals surface area (Å²) in [4.78, 5) is 21.7. The number of imidazole rings is 4. The predicted molar refractivity (Wildman–Crippen MR) is 466 cm³/mol. The van der Waals surface area contributed by atoms with Crippen molar-refractivity contribution in [3.05, 3.63) is 394 Å². The number of halogens is 1. The quantitative estimate of drug-likeness (QED) is 0.0517. The van der Waals surface area contributed by atoms with Crippen LogP contribution in [0.5, 0.6) is 0 Å². The third-order valence-electron chi connectivity index (χ3n) is 24.5. The summed E-state index contributed by atoms with van der Waals surface area (Å²) in [6.45, 7) is 2.63. The van der Waals surface area contributed by atoms with Gasteiger partial charge in [-0.05, 0) is 183 Å². The second-order valence-electron chi connectivity index (χ2n) is 31.5. The summed E-state index contributed by atoms with van der Waals surface area (Å²) in [5.41, 5.74) is 25.3. The van der Waals surface area contributed by atoms with Crippen molar-refractivity contribution in [2.75, 3.05) is 0 Å². The van der Waals surface area contributed by atoms with Crippen LogP contribution in [0.25, 0.3) is 89.7 Å². The first-order valence-corrected chi connectivity index (χ1v) is 39.6. The summed E-state index contributed by atoms with van der Waals surface area (Å²) in [5, 5.41) is 0. The van der Waals surface area contributed by atoms with Crippen molar-refractivity contribution < 1.29 is 31.0 Å². The van der Waals surface area contributed by atoms with Gasteiger partial charge in [0.1, 0.15) is 23.3 Å². The molecule has 0 amide bonds. The molecule has 4 heterocycles. The average molecular weight is 1510 g/mol. The van der Waals surface area contributed by atoms with Gasteiger partial charge >= 0.3 is 29.6 Å². The summed E-state index contributed by atoms with van der Waals surface area (Å²) in [6, 6.07) is 116. The van der Waals surface area contributed by atoms with Crippen molar-refractivity contribution in [1.82, 2.24) is 38.2 Å². The minimum Gasteiger partial charge on any atom is -1.00 e. The van der Waals surface area contributed by atoms with E-state index in [1.54, 1.807) is 0 Å². The van der Waals surface area contributed by atoms with Gasteiger partial charge in [0.15, 0.2) is 0 Å². The van der Waals surface area contributed by atoms with E-state index in [1.165, 1.54) is 50.1 Å². The van der Waals surface area contributed by atoms with E-state index in [-0.39, 0.29) is 52.6 Å². The molecule has 4 saturated carbocycles. The Kier molecular flexibility index (Phi) is 19.6. The Labute approximate surface area is 700 Å². The summed E-state index contributed by atoms with van der Waals surface area (Å²) in [6.07, 6.45) is 29.9. The minimum absolute atomic E-state index is 0. The van der Waals surface area contributed by atoms with Gasteiger partial charge in [-0.3, -0.25) is 0 Å². The fraction of sp³-hybridized carbons (Fsp3) is 0.143. The van der Waals surface area contributed by atoms with E-state index in [0.29, 0.717) is 32.1 Å². The van der Waals surface area contributed by atoms with E-state index in [1.807, 2.05) is 78.9 Å². The molecular formula is C105H80ClN8Na. The first kappa shape index (κ1) is 73.7. The van der Waals surface area contributed by atoms with Crippen molar-refractivity contribution in [3.63, 3.8) is 0 Å². The molecule has 4 bridgehead atoms. The molecule has 21 rings (SSSR count). The van der Waals surface area contributed by atoms with Gasteiger partial charge in [0.25, 0.3) is 0 Å². The maximum Gasteiger partial charge on any atom is 1.00 e. The van der Waals surface area contributed by atoms with Gasteiger partial charge in [-0.2, -0.15) is 0 Å². The molecule has 8 nitrogen and oxygen atoms in total. The molecule has 4 aromatic heterocycles. The molecule has 13 aromatic carbocycles. The van der Waals surface area contributed by atoms with Crippen LogP contribution < -0.4 is 29.6 Å². The van der Waals surface area contributed by atoms with Crippen molar-refractivity contribution in [1.29, 1.82) is 0 Å². The van der Waals surface area contributed by atoms with E-state index < -0.39 is 0 Å². The molecule has 0 atom stereocenters. The van der Waals surface area contributed by atoms with Crippen molar-refractivity contribution in [2.45, 2.75) is 92.2 Å². The SMILES string of the molecule is C#Cc1ccc2c(c1)nc(-c1ccc(C34CC5(c6ccc(-c7nc8cc(C#C)ccc8n7Cc7ccccc7)cc6)CC(c6ccc(-c7nc8cc(C#C)ccc8n7Cc7ccccc7)cc6)(C3)CC(c3ccc(-c6nc7cc(C#C)ccc7n6Cc6ccccc6)cc3)(C4)C5)cc1)n2Cc1ccccc1.ClCc1ccccc1.[H-].[Na+]. The van der Waals surface area contributed by atoms with Crippen molar-refractivity contribution >= 4 is 55.7 Å². The zero-order valence-corrected chi connectivity index (χ0v) is 66.9. The van der Waals surface area contributed by atoms with Crippen LogP contribution in [0.2, 0.25) is 0 Å². The third-order valence-corrected chi connectivity index (χ3v) is 24.8. The molecule has 0 spiro atoms. The van der Waals surface area contributed by atoms with Gasteiger partial charge in [-0.1, -0.05) is 272 Å². The molecule has 115 heavy (non-hydrogen) atoms. The molecule has 0 saturated heterocycles. The number of nitrogens with zero attached hydrogens (tertiary/aromatic N) is 8. The number of hydrogen-bond acceptors (Lipinski definition) is 4. The number of aromatic nitrogens is 8. The average Bonchev–Trinajstić information content (AvgIpc) is 0.785. The van der Waals surface area contributed by atoms with E-state index in [2.05, 4.69) is 285 Å². The van der Waals surface area contributed by atoms with Gasteiger partial charge in [0.2, 0.25) is 0 Å². The Morgan fingerprint density at radius 2 is 0.470 bits per heavy atom. The van der Waals surface area contributed by atoms with Crippen molar-refractivity contribution in [2.24, 2.45) is 0 Å². The van der Waals surface area contributed by atoms with E-state index in [9.17, 15) is 0 Å². The Morgan fingerprint density at radius 3 is 0.652 bits per heavy atom. The summed E-state index contributed by atoms with van der Waals surface area (Å²) < 4.78 is 9.40. The molecule has 0 radical (unpaired) electrons. The number of alkyl halides is 1. The first-order chi connectivity index (χ1) is 56.0. The number of fused-ring (bicyclic) bond motifs is 4. The van der Waals surface area contributed by atoms with E-state index >= 15 is 0 Å². The standard InChI is InChI=1S/C98H72N8.C7H7Cl.Na.H/c1-5-67-29-49-87-83(53-67)99-91(103(87)57-71-21-13-9-14-22-71)75-33-41-79(42-34-75)95-61-96(80-43-35-76(36-44-80)92-100-84-54-68(6-2)30-50-88(84)104(92)58-72-23-15-10-16-24-72)64-97(62-95,81-45-37-77(38-46-81)93-101-85-55-69(7-3)31-51-89(85)105(93)59-73-25-17-11-18-26-73)66-98(63-95,65-96)82-47-39-78(40-48-82)94-102-86-56-70(8-4)32-52-90(86)106(94)60-74-27-19-12-20-28-74;8-6-7-4-2-1-3-5-7;;/h1-4,9-56H,57-66H2;1-5H,6H2;;/q;;+1;-1. The smallest absolute Gasteiger partial charge is 1.00 e. The van der Waals surface area contributed by atoms with Crippen LogP contribution >= 0.6 is 11.6 Å². The van der Waals surface area contributed by atoms with Crippen LogP contribution in [0.3, 0.4) is 0 Å². The first-order valence-electron chi connectivity index (χ1n) is 39.1. The molecule has 0 aliphatic heterocycles. The normalized spacial score (nSPS) is 17.8. The molecule has 4 fully saturated rings. The van der Waals surface area contributed by atoms with Gasteiger partial charge in [0.05, 0.1) is 44.1 Å². The third kappa shape index (κ3) is 13.8. The fourth-order valence-electron chi connectivity index (χ4n) is 19.8. The van der Waals surface area contributed by atoms with Gasteiger partial charge in [-0.25, -0.2) is 19.9 Å². The van der Waals surface area contributed by atoms with Crippen molar-refractivity contribution in [3.8, 4) is 94.9 Å². The molecule has 548 valence electrons. The van der Waals surface area contributed by atoms with Gasteiger partial charge in [-0.15, -0.1) is 37.3 Å². The summed E-state index contributed by atoms with van der Waals surface area (Å²) >= 11 is 5.53. The minimum atomic E-state index is -0.301. The molecule has 0 N–H and O–H groups in total. The fourth-order valence-corrected chi connectivity index (χ4v) is 20.0. The summed E-state index contributed by atoms with van der Waals surface area (Å²) in [7, 11) is 0. The maximum absolute atomic E-state index is 6.03. The summed E-state index contributed by atoms with van der Waals surface area (Å²) in [5.74, 6) is 15.7. The van der Waals surface area contributed by atoms with Crippen LogP contribution in [0.15, 0.2) is 322 Å². The number of rotatable bonds is 17. The van der Waals surface area contributed by atoms with Crippen LogP contribution in [0, 0.1) is 49.4 Å². The zero-order valence-electron chi connectivity index (χ0n) is 65.1. The number of terminal acetylenes is 4. The maximum atomic E-state index is 6.03. The number of benzene rings is 13. The number of hydrogen-bond donors (Lipinski definition) is 0. The second-order valence-corrected chi connectivity index (χ2v) is 31.8. The Bertz CT molecular complexity index is 5870. The van der Waals surface area contributed by atoms with E-state index in [0.717, 1.165) is 150 Å². The Morgan fingerprint density at radius 1 is 0.270 bits per heavy atom. The van der Waals surface area contributed by atoms with Gasteiger partial charge in [0, 0.05) is 76.6 Å². The molecule has 4 aliphatic carbocycles. The molecular weight excluding hydrogens is 1430 g/mol. The Balaban J connectivity index is 0.000000915. The molecule has 0 unspecified atom stereocenters. The molecule has 17 aromatic rings. The topological polar surface area (TPSA) is 71.3 Å². The van der Waals surface area contributed by atoms with Gasteiger partial charge < -0.3 is 19.7 Å². The van der Waals surface area contributed by atoms with Crippen LogP contribution in [0.1, 0.15) is 112 Å².